The molecule has 7 nitrogen and oxygen atoms in total. The van der Waals surface area contributed by atoms with Gasteiger partial charge in [0.1, 0.15) is 5.82 Å². The molecule has 114 valence electrons. The lowest BCUT2D eigenvalue weighted by molar-refractivity contribution is 0.313. The minimum atomic E-state index is -3.12. The van der Waals surface area contributed by atoms with Gasteiger partial charge in [0.2, 0.25) is 10.0 Å². The quantitative estimate of drug-likeness (QED) is 0.830. The first kappa shape index (κ1) is 14.3. The molecule has 0 spiro atoms. The number of rotatable bonds is 3. The summed E-state index contributed by atoms with van der Waals surface area (Å²) in [6.45, 7) is 1.61. The zero-order valence-corrected chi connectivity index (χ0v) is 13.0. The second-order valence-electron chi connectivity index (χ2n) is 5.42. The molecule has 8 heteroatoms. The first-order valence-corrected chi connectivity index (χ1v) is 8.78. The fourth-order valence-corrected chi connectivity index (χ4v) is 3.46. The molecule has 0 unspecified atom stereocenters. The second-order valence-corrected chi connectivity index (χ2v) is 7.46. The summed E-state index contributed by atoms with van der Waals surface area (Å²) in [5, 5.41) is 4.53. The third-order valence-electron chi connectivity index (χ3n) is 4.07. The van der Waals surface area contributed by atoms with E-state index >= 15 is 0 Å². The van der Waals surface area contributed by atoms with Gasteiger partial charge in [-0.3, -0.25) is 0 Å². The number of fused-ring (bicyclic) bond motifs is 1. The zero-order valence-electron chi connectivity index (χ0n) is 12.2. The van der Waals surface area contributed by atoms with Crippen molar-refractivity contribution in [3.05, 3.63) is 24.5 Å². The van der Waals surface area contributed by atoms with Crippen molar-refractivity contribution in [1.29, 1.82) is 0 Å². The van der Waals surface area contributed by atoms with E-state index in [0.717, 1.165) is 37.4 Å². The largest absolute Gasteiger partial charge is 0.355 e. The molecule has 3 heterocycles. The topological polar surface area (TPSA) is 70.8 Å². The molecule has 1 saturated heterocycles. The van der Waals surface area contributed by atoms with Gasteiger partial charge >= 0.3 is 0 Å². The van der Waals surface area contributed by atoms with Crippen molar-refractivity contribution in [1.82, 2.24) is 18.9 Å². The van der Waals surface area contributed by atoms with Gasteiger partial charge in [-0.05, 0) is 25.0 Å². The van der Waals surface area contributed by atoms with Crippen molar-refractivity contribution in [2.75, 3.05) is 31.3 Å². The summed E-state index contributed by atoms with van der Waals surface area (Å²) in [6, 6.07) is 3.98. The van der Waals surface area contributed by atoms with Crippen LogP contribution < -0.4 is 4.90 Å². The average molecular weight is 309 g/mol. The Morgan fingerprint density at radius 2 is 2.00 bits per heavy atom. The molecule has 0 saturated carbocycles. The minimum Gasteiger partial charge on any atom is -0.355 e. The van der Waals surface area contributed by atoms with Crippen molar-refractivity contribution in [2.24, 2.45) is 0 Å². The normalized spacial score (nSPS) is 17.8. The van der Waals surface area contributed by atoms with Crippen molar-refractivity contribution in [3.63, 3.8) is 0 Å². The Hall–Kier alpha value is -1.67. The third kappa shape index (κ3) is 2.86. The van der Waals surface area contributed by atoms with Crippen LogP contribution in [-0.4, -0.2) is 59.8 Å². The van der Waals surface area contributed by atoms with Crippen LogP contribution in [0.2, 0.25) is 0 Å². The summed E-state index contributed by atoms with van der Waals surface area (Å²) in [6.07, 6.45) is 6.43. The van der Waals surface area contributed by atoms with Gasteiger partial charge in [-0.2, -0.15) is 0 Å². The van der Waals surface area contributed by atoms with Crippen LogP contribution in [0.5, 0.6) is 0 Å². The van der Waals surface area contributed by atoms with Crippen LogP contribution in [0.15, 0.2) is 24.5 Å². The molecule has 0 aliphatic carbocycles. The summed E-state index contributed by atoms with van der Waals surface area (Å²) in [4.78, 5) is 6.36. The molecule has 0 radical (unpaired) electrons. The number of nitrogens with zero attached hydrogens (tertiary/aromatic N) is 5. The van der Waals surface area contributed by atoms with E-state index in [1.54, 1.807) is 17.8 Å². The van der Waals surface area contributed by atoms with Gasteiger partial charge in [0.15, 0.2) is 5.65 Å². The van der Waals surface area contributed by atoms with Crippen LogP contribution >= 0.6 is 0 Å². The number of anilines is 1. The van der Waals surface area contributed by atoms with E-state index in [0.29, 0.717) is 0 Å². The van der Waals surface area contributed by atoms with Crippen LogP contribution in [0, 0.1) is 0 Å². The van der Waals surface area contributed by atoms with Gasteiger partial charge in [-0.25, -0.2) is 22.2 Å². The maximum atomic E-state index is 11.6. The molecular weight excluding hydrogens is 290 g/mol. The molecule has 2 aromatic heterocycles. The van der Waals surface area contributed by atoms with Crippen LogP contribution in [0.25, 0.3) is 5.65 Å². The van der Waals surface area contributed by atoms with E-state index in [4.69, 9.17) is 0 Å². The third-order valence-corrected chi connectivity index (χ3v) is 5.41. The van der Waals surface area contributed by atoms with Crippen molar-refractivity contribution in [3.8, 4) is 0 Å². The zero-order chi connectivity index (χ0) is 15.0. The molecule has 1 aliphatic heterocycles. The number of aromatic nitrogens is 3. The lowest BCUT2D eigenvalue weighted by Gasteiger charge is -2.36. The fourth-order valence-electron chi connectivity index (χ4n) is 2.70. The number of piperidine rings is 1. The number of hydrogen-bond donors (Lipinski definition) is 0. The highest BCUT2D eigenvalue weighted by Crippen LogP contribution is 2.21. The molecule has 2 aromatic rings. The molecule has 1 aliphatic rings. The van der Waals surface area contributed by atoms with Gasteiger partial charge < -0.3 is 4.90 Å². The molecule has 0 N–H and O–H groups in total. The Labute approximate surface area is 124 Å². The van der Waals surface area contributed by atoms with Gasteiger partial charge in [-0.1, -0.05) is 0 Å². The van der Waals surface area contributed by atoms with E-state index in [9.17, 15) is 8.42 Å². The van der Waals surface area contributed by atoms with Crippen LogP contribution in [0.1, 0.15) is 12.8 Å². The number of sulfonamides is 1. The highest BCUT2D eigenvalue weighted by atomic mass is 32.2. The van der Waals surface area contributed by atoms with Gasteiger partial charge in [0.25, 0.3) is 0 Å². The van der Waals surface area contributed by atoms with Crippen molar-refractivity contribution >= 4 is 21.5 Å². The molecular formula is C13H19N5O2S. The van der Waals surface area contributed by atoms with E-state index in [2.05, 4.69) is 15.0 Å². The Morgan fingerprint density at radius 1 is 1.29 bits per heavy atom. The van der Waals surface area contributed by atoms with Gasteiger partial charge in [0, 0.05) is 38.6 Å². The Bertz CT molecular complexity index is 734. The molecule has 0 aromatic carbocycles. The van der Waals surface area contributed by atoms with Crippen molar-refractivity contribution in [2.45, 2.75) is 18.9 Å². The second kappa shape index (κ2) is 5.27. The van der Waals surface area contributed by atoms with E-state index in [-0.39, 0.29) is 6.04 Å². The van der Waals surface area contributed by atoms with Crippen LogP contribution in [0.4, 0.5) is 5.82 Å². The molecule has 1 fully saturated rings. The maximum Gasteiger partial charge on any atom is 0.211 e. The summed E-state index contributed by atoms with van der Waals surface area (Å²) >= 11 is 0. The first-order valence-electron chi connectivity index (χ1n) is 6.93. The first-order chi connectivity index (χ1) is 9.95. The monoisotopic (exact) mass is 309 g/mol. The molecule has 21 heavy (non-hydrogen) atoms. The van der Waals surface area contributed by atoms with Gasteiger partial charge in [-0.15, -0.1) is 5.10 Å². The summed E-state index contributed by atoms with van der Waals surface area (Å²) in [5.74, 6) is 0.904. The Balaban J connectivity index is 1.70. The van der Waals surface area contributed by atoms with E-state index in [1.165, 1.54) is 10.6 Å². The number of hydrogen-bond acceptors (Lipinski definition) is 5. The molecule has 0 bridgehead atoms. The van der Waals surface area contributed by atoms with E-state index < -0.39 is 10.0 Å². The fraction of sp³-hybridized carbons (Fsp3) is 0.538. The molecule has 0 atom stereocenters. The lowest BCUT2D eigenvalue weighted by Crippen LogP contribution is -2.45. The van der Waals surface area contributed by atoms with Crippen LogP contribution in [-0.2, 0) is 10.0 Å². The highest BCUT2D eigenvalue weighted by molar-refractivity contribution is 7.88. The van der Waals surface area contributed by atoms with Crippen molar-refractivity contribution < 1.29 is 8.42 Å². The standard InChI is InChI=1S/C13H19N5O2S/c1-16(21(2,19)20)11-5-8-17(9-6-11)13-4-3-12-14-7-10-18(12)15-13/h3-4,7,10-11H,5-6,8-9H2,1-2H3. The molecule has 0 amide bonds. The predicted molar refractivity (Wildman–Crippen MR) is 80.8 cm³/mol. The average Bonchev–Trinajstić information content (AvgIpc) is 2.93. The predicted octanol–water partition coefficient (Wildman–Crippen LogP) is 0.590. The lowest BCUT2D eigenvalue weighted by atomic mass is 10.1. The molecule has 3 rings (SSSR count). The van der Waals surface area contributed by atoms with E-state index in [1.807, 2.05) is 18.3 Å². The Kier molecular flexibility index (Phi) is 3.58. The van der Waals surface area contributed by atoms with Gasteiger partial charge in [0.05, 0.1) is 6.26 Å². The van der Waals surface area contributed by atoms with Crippen LogP contribution in [0.3, 0.4) is 0 Å². The highest BCUT2D eigenvalue weighted by Gasteiger charge is 2.27. The summed E-state index contributed by atoms with van der Waals surface area (Å²) < 4.78 is 26.4. The summed E-state index contributed by atoms with van der Waals surface area (Å²) in [7, 11) is -1.46. The smallest absolute Gasteiger partial charge is 0.211 e. The maximum absolute atomic E-state index is 11.6. The Morgan fingerprint density at radius 3 is 2.67 bits per heavy atom. The summed E-state index contributed by atoms with van der Waals surface area (Å²) in [5.41, 5.74) is 0.824. The number of imidazole rings is 1. The SMILES string of the molecule is CN(C1CCN(c2ccc3nccn3n2)CC1)S(C)(=O)=O. The minimum absolute atomic E-state index is 0.0771.